The number of para-hydroxylation sites is 2. The first kappa shape index (κ1) is 14.7. The maximum absolute atomic E-state index is 5.60. The van der Waals surface area contributed by atoms with Gasteiger partial charge in [0.15, 0.2) is 5.58 Å². The van der Waals surface area contributed by atoms with E-state index in [9.17, 15) is 0 Å². The number of nitrogens with one attached hydrogen (secondary N) is 1. The summed E-state index contributed by atoms with van der Waals surface area (Å²) in [5.41, 5.74) is 4.69. The topological polar surface area (TPSA) is 65.1 Å². The number of hydrogen-bond acceptors (Lipinski definition) is 5. The van der Waals surface area contributed by atoms with Gasteiger partial charge >= 0.3 is 0 Å². The largest absolute Gasteiger partial charge is 0.438 e. The van der Waals surface area contributed by atoms with Crippen LogP contribution in [-0.4, -0.2) is 21.6 Å². The zero-order chi connectivity index (χ0) is 16.5. The van der Waals surface area contributed by atoms with Crippen LogP contribution in [0.25, 0.3) is 22.1 Å². The summed E-state index contributed by atoms with van der Waals surface area (Å²) in [6.07, 6.45) is 0. The molecule has 1 N–H and O–H groups in total. The van der Waals surface area contributed by atoms with Gasteiger partial charge in [-0.25, -0.2) is 9.97 Å². The summed E-state index contributed by atoms with van der Waals surface area (Å²) >= 11 is 0. The fourth-order valence-electron chi connectivity index (χ4n) is 2.80. The Balaban J connectivity index is 1.56. The maximum atomic E-state index is 5.60. The van der Waals surface area contributed by atoms with E-state index in [-0.39, 0.29) is 0 Å². The van der Waals surface area contributed by atoms with E-state index in [2.05, 4.69) is 25.9 Å². The van der Waals surface area contributed by atoms with E-state index in [1.165, 1.54) is 0 Å². The molecule has 0 fully saturated rings. The van der Waals surface area contributed by atoms with Crippen molar-refractivity contribution in [2.45, 2.75) is 13.2 Å². The number of fused-ring (bicyclic) bond motifs is 2. The van der Waals surface area contributed by atoms with Gasteiger partial charge in [0.1, 0.15) is 17.9 Å². The second-order valence-corrected chi connectivity index (χ2v) is 5.65. The molecule has 122 valence electrons. The molecule has 6 nitrogen and oxygen atoms in total. The molecule has 4 rings (SSSR count). The van der Waals surface area contributed by atoms with E-state index in [0.29, 0.717) is 19.0 Å². The van der Waals surface area contributed by atoms with Gasteiger partial charge in [0.05, 0.1) is 17.6 Å². The first-order valence-electron chi connectivity index (χ1n) is 7.77. The van der Waals surface area contributed by atoms with E-state index < -0.39 is 0 Å². The summed E-state index contributed by atoms with van der Waals surface area (Å²) in [7, 11) is 3.66. The summed E-state index contributed by atoms with van der Waals surface area (Å²) in [5, 5.41) is 3.40. The second-order valence-electron chi connectivity index (χ2n) is 5.65. The lowest BCUT2D eigenvalue weighted by molar-refractivity contribution is 0.161. The molecule has 2 aromatic carbocycles. The molecule has 24 heavy (non-hydrogen) atoms. The minimum atomic E-state index is 0.372. The third-order valence-corrected chi connectivity index (χ3v) is 4.03. The van der Waals surface area contributed by atoms with E-state index in [4.69, 9.17) is 9.15 Å². The molecule has 0 aliphatic carbocycles. The van der Waals surface area contributed by atoms with Crippen LogP contribution >= 0.6 is 0 Å². The molecule has 0 saturated heterocycles. The zero-order valence-corrected chi connectivity index (χ0v) is 13.6. The van der Waals surface area contributed by atoms with Crippen LogP contribution in [0.3, 0.4) is 0 Å². The fourth-order valence-corrected chi connectivity index (χ4v) is 2.80. The van der Waals surface area contributed by atoms with Gasteiger partial charge in [-0.05, 0) is 30.3 Å². The average Bonchev–Trinajstić information content (AvgIpc) is 3.14. The Bertz CT molecular complexity index is 1000. The van der Waals surface area contributed by atoms with Crippen LogP contribution in [0.15, 0.2) is 46.9 Å². The molecular formula is C18H18N4O2. The first-order chi connectivity index (χ1) is 11.7. The van der Waals surface area contributed by atoms with Crippen LogP contribution in [0.2, 0.25) is 0 Å². The smallest absolute Gasteiger partial charge is 0.221 e. The third-order valence-electron chi connectivity index (χ3n) is 4.03. The Morgan fingerprint density at radius 3 is 2.83 bits per heavy atom. The van der Waals surface area contributed by atoms with Crippen LogP contribution < -0.4 is 5.32 Å². The highest BCUT2D eigenvalue weighted by Gasteiger charge is 2.09. The molecular weight excluding hydrogens is 304 g/mol. The quantitative estimate of drug-likeness (QED) is 0.609. The van der Waals surface area contributed by atoms with Crippen molar-refractivity contribution in [3.63, 3.8) is 0 Å². The number of methoxy groups -OCH3 is 1. The molecule has 0 radical (unpaired) electrons. The summed E-state index contributed by atoms with van der Waals surface area (Å²) in [5.74, 6) is 1.57. The van der Waals surface area contributed by atoms with Gasteiger partial charge in [0, 0.05) is 19.8 Å². The fraction of sp³-hybridized carbons (Fsp3) is 0.222. The average molecular weight is 322 g/mol. The Labute approximate surface area is 139 Å². The van der Waals surface area contributed by atoms with Crippen molar-refractivity contribution >= 4 is 27.8 Å². The van der Waals surface area contributed by atoms with E-state index in [1.54, 1.807) is 7.11 Å². The number of benzene rings is 2. The summed E-state index contributed by atoms with van der Waals surface area (Å²) in [6.45, 7) is 1.01. The van der Waals surface area contributed by atoms with Gasteiger partial charge in [0.25, 0.3) is 0 Å². The number of rotatable bonds is 5. The molecule has 0 unspecified atom stereocenters. The standard InChI is InChI=1S/C18H18N4O2/c1-22-15-6-4-3-5-13(15)20-17(22)10-19-12-7-8-16-14(9-12)21-18(24-16)11-23-2/h3-9,19H,10-11H2,1-2H3. The van der Waals surface area contributed by atoms with Crippen molar-refractivity contribution < 1.29 is 9.15 Å². The van der Waals surface area contributed by atoms with Crippen molar-refractivity contribution in [3.8, 4) is 0 Å². The molecule has 4 aromatic rings. The van der Waals surface area contributed by atoms with Gasteiger partial charge in [-0.15, -0.1) is 0 Å². The Hall–Kier alpha value is -2.86. The number of ether oxygens (including phenoxy) is 1. The highest BCUT2D eigenvalue weighted by Crippen LogP contribution is 2.21. The van der Waals surface area contributed by atoms with E-state index >= 15 is 0 Å². The number of hydrogen-bond donors (Lipinski definition) is 1. The van der Waals surface area contributed by atoms with Gasteiger partial charge < -0.3 is 19.0 Å². The van der Waals surface area contributed by atoms with Crippen LogP contribution in [0.1, 0.15) is 11.7 Å². The monoisotopic (exact) mass is 322 g/mol. The van der Waals surface area contributed by atoms with Gasteiger partial charge in [0.2, 0.25) is 5.89 Å². The zero-order valence-electron chi connectivity index (χ0n) is 13.6. The molecule has 6 heteroatoms. The van der Waals surface area contributed by atoms with Crippen molar-refractivity contribution in [1.29, 1.82) is 0 Å². The molecule has 0 saturated carbocycles. The number of anilines is 1. The Morgan fingerprint density at radius 1 is 1.12 bits per heavy atom. The number of aromatic nitrogens is 3. The summed E-state index contributed by atoms with van der Waals surface area (Å²) in [6, 6.07) is 14.0. The molecule has 0 bridgehead atoms. The highest BCUT2D eigenvalue weighted by atomic mass is 16.5. The predicted molar refractivity (Wildman–Crippen MR) is 92.8 cm³/mol. The molecule has 0 aliphatic heterocycles. The van der Waals surface area contributed by atoms with E-state index in [0.717, 1.165) is 33.6 Å². The Morgan fingerprint density at radius 2 is 2.00 bits per heavy atom. The number of imidazole rings is 1. The SMILES string of the molecule is COCc1nc2cc(NCc3nc4ccccc4n3C)ccc2o1. The van der Waals surface area contributed by atoms with Gasteiger partial charge in [-0.2, -0.15) is 0 Å². The van der Waals surface area contributed by atoms with Crippen molar-refractivity contribution in [3.05, 3.63) is 54.2 Å². The minimum absolute atomic E-state index is 0.372. The van der Waals surface area contributed by atoms with Crippen LogP contribution in [0.4, 0.5) is 5.69 Å². The van der Waals surface area contributed by atoms with Crippen LogP contribution in [0, 0.1) is 0 Å². The van der Waals surface area contributed by atoms with Crippen molar-refractivity contribution in [2.75, 3.05) is 12.4 Å². The van der Waals surface area contributed by atoms with E-state index in [1.807, 2.05) is 43.4 Å². The summed E-state index contributed by atoms with van der Waals surface area (Å²) < 4.78 is 12.8. The minimum Gasteiger partial charge on any atom is -0.438 e. The number of nitrogens with zero attached hydrogens (tertiary/aromatic N) is 3. The lowest BCUT2D eigenvalue weighted by Crippen LogP contribution is -2.05. The molecule has 2 heterocycles. The second kappa shape index (κ2) is 5.98. The highest BCUT2D eigenvalue weighted by molar-refractivity contribution is 5.78. The molecule has 0 aliphatic rings. The van der Waals surface area contributed by atoms with Gasteiger partial charge in [-0.3, -0.25) is 0 Å². The first-order valence-corrected chi connectivity index (χ1v) is 7.77. The number of aryl methyl sites for hydroxylation is 1. The molecule has 0 spiro atoms. The third kappa shape index (κ3) is 2.61. The normalized spacial score (nSPS) is 11.4. The van der Waals surface area contributed by atoms with Crippen molar-refractivity contribution in [2.24, 2.45) is 7.05 Å². The Kier molecular flexibility index (Phi) is 3.66. The van der Waals surface area contributed by atoms with Crippen LogP contribution in [0.5, 0.6) is 0 Å². The molecule has 2 aromatic heterocycles. The molecule has 0 atom stereocenters. The molecule has 0 amide bonds. The lowest BCUT2D eigenvalue weighted by atomic mass is 10.3. The predicted octanol–water partition coefficient (Wildman–Crippen LogP) is 3.47. The van der Waals surface area contributed by atoms with Gasteiger partial charge in [-0.1, -0.05) is 12.1 Å². The number of oxazole rings is 1. The maximum Gasteiger partial charge on any atom is 0.221 e. The lowest BCUT2D eigenvalue weighted by Gasteiger charge is -2.06. The van der Waals surface area contributed by atoms with Crippen LogP contribution in [-0.2, 0) is 24.9 Å². The summed E-state index contributed by atoms with van der Waals surface area (Å²) in [4.78, 5) is 9.09. The van der Waals surface area contributed by atoms with Crippen molar-refractivity contribution in [1.82, 2.24) is 14.5 Å².